The summed E-state index contributed by atoms with van der Waals surface area (Å²) in [5.41, 5.74) is 1.85. The van der Waals surface area contributed by atoms with Crippen LogP contribution in [0.4, 0.5) is 0 Å². The monoisotopic (exact) mass is 403 g/mol. The lowest BCUT2D eigenvalue weighted by Crippen LogP contribution is -2.47. The lowest BCUT2D eigenvalue weighted by molar-refractivity contribution is -0.152. The Balaban J connectivity index is 2.17. The van der Waals surface area contributed by atoms with Gasteiger partial charge in [-0.2, -0.15) is 0 Å². The SMILES string of the molecule is CCOC(=O)C1=C(C)NC2=CC(C)C(C(=O)OC)C(=O)C2C1c1ccc(C)s1. The van der Waals surface area contributed by atoms with E-state index in [1.807, 2.05) is 39.0 Å². The van der Waals surface area contributed by atoms with Crippen LogP contribution in [0.3, 0.4) is 0 Å². The molecule has 4 unspecified atom stereocenters. The maximum Gasteiger partial charge on any atom is 0.336 e. The number of ketones is 1. The third-order valence-corrected chi connectivity index (χ3v) is 6.40. The normalized spacial score (nSPS) is 26.9. The minimum absolute atomic E-state index is 0.227. The van der Waals surface area contributed by atoms with Gasteiger partial charge in [0, 0.05) is 27.1 Å². The fraction of sp³-hybridized carbons (Fsp3) is 0.476. The van der Waals surface area contributed by atoms with E-state index in [-0.39, 0.29) is 18.3 Å². The molecule has 2 heterocycles. The Morgan fingerprint density at radius 1 is 1.21 bits per heavy atom. The average molecular weight is 404 g/mol. The second-order valence-electron chi connectivity index (χ2n) is 7.17. The number of rotatable bonds is 4. The first-order valence-corrected chi connectivity index (χ1v) is 10.2. The van der Waals surface area contributed by atoms with Gasteiger partial charge in [0.05, 0.1) is 25.2 Å². The molecular weight excluding hydrogens is 378 g/mol. The highest BCUT2D eigenvalue weighted by Gasteiger charge is 2.50. The van der Waals surface area contributed by atoms with Gasteiger partial charge in [-0.3, -0.25) is 9.59 Å². The van der Waals surface area contributed by atoms with E-state index in [0.717, 1.165) is 15.5 Å². The summed E-state index contributed by atoms with van der Waals surface area (Å²) in [6.45, 7) is 7.62. The van der Waals surface area contributed by atoms with E-state index in [1.54, 1.807) is 18.3 Å². The Labute approximate surface area is 168 Å². The maximum atomic E-state index is 13.4. The molecule has 150 valence electrons. The number of allylic oxidation sites excluding steroid dienone is 3. The van der Waals surface area contributed by atoms with Gasteiger partial charge >= 0.3 is 11.9 Å². The molecule has 3 rings (SSSR count). The summed E-state index contributed by atoms with van der Waals surface area (Å²) in [7, 11) is 1.29. The molecule has 1 aromatic rings. The van der Waals surface area contributed by atoms with Gasteiger partial charge in [-0.15, -0.1) is 11.3 Å². The number of methoxy groups -OCH3 is 1. The van der Waals surface area contributed by atoms with E-state index < -0.39 is 29.7 Å². The first-order valence-electron chi connectivity index (χ1n) is 9.34. The van der Waals surface area contributed by atoms with Gasteiger partial charge in [0.1, 0.15) is 5.92 Å². The van der Waals surface area contributed by atoms with Crippen LogP contribution >= 0.6 is 11.3 Å². The number of thiophene rings is 1. The van der Waals surface area contributed by atoms with Crippen molar-refractivity contribution in [2.75, 3.05) is 13.7 Å². The van der Waals surface area contributed by atoms with Crippen molar-refractivity contribution >= 4 is 29.1 Å². The summed E-state index contributed by atoms with van der Waals surface area (Å²) < 4.78 is 10.2. The molecule has 6 nitrogen and oxygen atoms in total. The van der Waals surface area contributed by atoms with Crippen LogP contribution in [0.2, 0.25) is 0 Å². The molecule has 0 fully saturated rings. The second kappa shape index (κ2) is 7.91. The number of hydrogen-bond donors (Lipinski definition) is 1. The molecule has 1 aliphatic carbocycles. The van der Waals surface area contributed by atoms with Gasteiger partial charge in [0.2, 0.25) is 0 Å². The minimum atomic E-state index is -0.883. The Kier molecular flexibility index (Phi) is 5.74. The molecular formula is C21H25NO5S. The highest BCUT2D eigenvalue weighted by atomic mass is 32.1. The predicted molar refractivity (Wildman–Crippen MR) is 106 cm³/mol. The van der Waals surface area contributed by atoms with E-state index in [1.165, 1.54) is 7.11 Å². The maximum absolute atomic E-state index is 13.4. The molecule has 0 bridgehead atoms. The molecule has 28 heavy (non-hydrogen) atoms. The Morgan fingerprint density at radius 3 is 2.50 bits per heavy atom. The first kappa shape index (κ1) is 20.3. The molecule has 0 saturated heterocycles. The molecule has 0 amide bonds. The topological polar surface area (TPSA) is 81.7 Å². The lowest BCUT2D eigenvalue weighted by atomic mass is 9.67. The highest BCUT2D eigenvalue weighted by molar-refractivity contribution is 7.12. The van der Waals surface area contributed by atoms with Crippen molar-refractivity contribution < 1.29 is 23.9 Å². The summed E-state index contributed by atoms with van der Waals surface area (Å²) in [5.74, 6) is -3.53. The fourth-order valence-electron chi connectivity index (χ4n) is 4.11. The van der Waals surface area contributed by atoms with Crippen molar-refractivity contribution in [3.8, 4) is 0 Å². The zero-order valence-electron chi connectivity index (χ0n) is 16.7. The summed E-state index contributed by atoms with van der Waals surface area (Å²) >= 11 is 1.54. The van der Waals surface area contributed by atoms with Crippen molar-refractivity contribution in [3.63, 3.8) is 0 Å². The van der Waals surface area contributed by atoms with E-state index in [0.29, 0.717) is 11.3 Å². The van der Waals surface area contributed by atoms with E-state index in [2.05, 4.69) is 5.32 Å². The van der Waals surface area contributed by atoms with Crippen LogP contribution in [0, 0.1) is 24.7 Å². The molecule has 0 saturated carbocycles. The summed E-state index contributed by atoms with van der Waals surface area (Å²) in [5, 5.41) is 3.22. The molecule has 2 aliphatic rings. The number of Topliss-reactive ketones (excluding diaryl/α,β-unsaturated/α-hetero) is 1. The molecule has 0 aromatic carbocycles. The Bertz CT molecular complexity index is 881. The van der Waals surface area contributed by atoms with Crippen LogP contribution in [-0.2, 0) is 23.9 Å². The zero-order chi connectivity index (χ0) is 20.6. The van der Waals surface area contributed by atoms with E-state index in [4.69, 9.17) is 9.47 Å². The standard InChI is InChI=1S/C21H25NO5S/c1-6-27-21(25)16-12(4)22-13-9-10(2)15(20(24)26-5)19(23)17(13)18(16)14-8-7-11(3)28-14/h7-10,15,17-18,22H,6H2,1-5H3. The summed E-state index contributed by atoms with van der Waals surface area (Å²) in [6.07, 6.45) is 1.91. The van der Waals surface area contributed by atoms with Crippen molar-refractivity contribution in [2.45, 2.75) is 33.6 Å². The quantitative estimate of drug-likeness (QED) is 0.615. The van der Waals surface area contributed by atoms with Crippen LogP contribution in [0.5, 0.6) is 0 Å². The number of ether oxygens (including phenoxy) is 2. The molecule has 1 aliphatic heterocycles. The molecule has 0 radical (unpaired) electrons. The van der Waals surface area contributed by atoms with Gasteiger partial charge in [0.15, 0.2) is 5.78 Å². The van der Waals surface area contributed by atoms with Gasteiger partial charge in [-0.05, 0) is 38.8 Å². The molecule has 0 spiro atoms. The number of nitrogens with one attached hydrogen (secondary N) is 1. The van der Waals surface area contributed by atoms with E-state index >= 15 is 0 Å². The molecule has 4 atom stereocenters. The van der Waals surface area contributed by atoms with Gasteiger partial charge in [0.25, 0.3) is 0 Å². The van der Waals surface area contributed by atoms with Gasteiger partial charge in [-0.25, -0.2) is 4.79 Å². The second-order valence-corrected chi connectivity index (χ2v) is 8.49. The smallest absolute Gasteiger partial charge is 0.336 e. The van der Waals surface area contributed by atoms with Crippen molar-refractivity contribution in [3.05, 3.63) is 44.9 Å². The molecule has 1 N–H and O–H groups in total. The van der Waals surface area contributed by atoms with Crippen molar-refractivity contribution in [2.24, 2.45) is 17.8 Å². The minimum Gasteiger partial charge on any atom is -0.468 e. The molecule has 1 aromatic heterocycles. The first-order chi connectivity index (χ1) is 13.3. The summed E-state index contributed by atoms with van der Waals surface area (Å²) in [4.78, 5) is 40.5. The fourth-order valence-corrected chi connectivity index (χ4v) is 5.13. The number of fused-ring (bicyclic) bond motifs is 1. The number of carbonyl (C=O) groups is 3. The van der Waals surface area contributed by atoms with Crippen LogP contribution in [0.25, 0.3) is 0 Å². The highest BCUT2D eigenvalue weighted by Crippen LogP contribution is 2.47. The van der Waals surface area contributed by atoms with Crippen LogP contribution in [0.1, 0.15) is 36.4 Å². The zero-order valence-corrected chi connectivity index (χ0v) is 17.5. The van der Waals surface area contributed by atoms with E-state index in [9.17, 15) is 14.4 Å². The van der Waals surface area contributed by atoms with Crippen LogP contribution in [-0.4, -0.2) is 31.4 Å². The van der Waals surface area contributed by atoms with Gasteiger partial charge in [-0.1, -0.05) is 13.0 Å². The number of aryl methyl sites for hydroxylation is 1. The third-order valence-electron chi connectivity index (χ3n) is 5.31. The van der Waals surface area contributed by atoms with Crippen molar-refractivity contribution in [1.29, 1.82) is 0 Å². The van der Waals surface area contributed by atoms with Crippen molar-refractivity contribution in [1.82, 2.24) is 5.32 Å². The Morgan fingerprint density at radius 2 is 1.93 bits per heavy atom. The third kappa shape index (κ3) is 3.39. The van der Waals surface area contributed by atoms with Gasteiger partial charge < -0.3 is 14.8 Å². The predicted octanol–water partition coefficient (Wildman–Crippen LogP) is 3.09. The van der Waals surface area contributed by atoms with Crippen LogP contribution in [0.15, 0.2) is 35.2 Å². The number of carbonyl (C=O) groups excluding carboxylic acids is 3. The largest absolute Gasteiger partial charge is 0.468 e. The average Bonchev–Trinajstić information content (AvgIpc) is 3.06. The number of hydrogen-bond acceptors (Lipinski definition) is 7. The Hall–Kier alpha value is -2.41. The molecule has 7 heteroatoms. The number of esters is 2. The summed E-state index contributed by atoms with van der Waals surface area (Å²) in [6, 6.07) is 3.91. The van der Waals surface area contributed by atoms with Crippen LogP contribution < -0.4 is 5.32 Å². The lowest BCUT2D eigenvalue weighted by Gasteiger charge is -2.40.